The molecule has 4 rings (SSSR count). The van der Waals surface area contributed by atoms with Crippen LogP contribution < -0.4 is 10.1 Å². The van der Waals surface area contributed by atoms with Crippen molar-refractivity contribution in [1.82, 2.24) is 25.5 Å². The number of aromatic amines is 1. The second-order valence-corrected chi connectivity index (χ2v) is 7.58. The zero-order valence-corrected chi connectivity index (χ0v) is 17.5. The number of amides is 2. The van der Waals surface area contributed by atoms with Crippen molar-refractivity contribution in [3.05, 3.63) is 42.2 Å². The van der Waals surface area contributed by atoms with Gasteiger partial charge in [0.2, 0.25) is 5.82 Å². The summed E-state index contributed by atoms with van der Waals surface area (Å²) in [5.41, 5.74) is 1.12. The second-order valence-electron chi connectivity index (χ2n) is 7.58. The highest BCUT2D eigenvalue weighted by Crippen LogP contribution is 2.37. The van der Waals surface area contributed by atoms with E-state index in [1.54, 1.807) is 24.3 Å². The van der Waals surface area contributed by atoms with E-state index in [9.17, 15) is 18.0 Å². The fourth-order valence-corrected chi connectivity index (χ4v) is 3.79. The van der Waals surface area contributed by atoms with E-state index < -0.39 is 23.9 Å². The Morgan fingerprint density at radius 1 is 1.18 bits per heavy atom. The first-order valence-corrected chi connectivity index (χ1v) is 10.1. The topological polar surface area (TPSA) is 96.0 Å². The van der Waals surface area contributed by atoms with E-state index in [2.05, 4.69) is 25.9 Å². The van der Waals surface area contributed by atoms with Crippen molar-refractivity contribution in [1.29, 1.82) is 0 Å². The van der Waals surface area contributed by atoms with Crippen LogP contribution in [0.5, 0.6) is 5.75 Å². The minimum Gasteiger partial charge on any atom is -0.497 e. The Balaban J connectivity index is 1.59. The average Bonchev–Trinajstić information content (AvgIpc) is 3.33. The average molecular weight is 464 g/mol. The van der Waals surface area contributed by atoms with Gasteiger partial charge in [-0.05, 0) is 47.9 Å². The van der Waals surface area contributed by atoms with Crippen molar-refractivity contribution in [2.45, 2.75) is 19.0 Å². The first kappa shape index (κ1) is 22.5. The number of hydrogen-bond donors (Lipinski definition) is 2. The lowest BCUT2D eigenvalue weighted by Crippen LogP contribution is -2.43. The third-order valence-corrected chi connectivity index (χ3v) is 5.55. The molecule has 0 saturated carbocycles. The maximum Gasteiger partial charge on any atom is 0.391 e. The van der Waals surface area contributed by atoms with Crippen molar-refractivity contribution in [3.8, 4) is 28.3 Å². The number of urea groups is 1. The molecular formula is C21H20F4N6O2. The standard InChI is InChI=1S/C21H20F4N6O2/c1-33-15-4-2-12(3-5-15)18-16(19-27-29-30-28-19)10-14(11-17(18)22)26-20(32)31-8-6-13(7-9-31)21(23,24)25/h2-5,10-11,13H,6-9H2,1H3,(H,26,32)(H,27,28,29,30). The number of anilines is 1. The number of benzene rings is 2. The van der Waals surface area contributed by atoms with E-state index in [4.69, 9.17) is 4.74 Å². The summed E-state index contributed by atoms with van der Waals surface area (Å²) >= 11 is 0. The van der Waals surface area contributed by atoms with Gasteiger partial charge in [-0.1, -0.05) is 12.1 Å². The van der Waals surface area contributed by atoms with Crippen LogP contribution in [0.3, 0.4) is 0 Å². The Morgan fingerprint density at radius 3 is 2.45 bits per heavy atom. The van der Waals surface area contributed by atoms with Gasteiger partial charge in [0, 0.05) is 29.9 Å². The number of tetrazole rings is 1. The summed E-state index contributed by atoms with van der Waals surface area (Å²) in [4.78, 5) is 13.9. The first-order valence-electron chi connectivity index (χ1n) is 10.1. The highest BCUT2D eigenvalue weighted by molar-refractivity contribution is 5.92. The van der Waals surface area contributed by atoms with Crippen LogP contribution in [-0.4, -0.2) is 57.9 Å². The molecule has 2 heterocycles. The SMILES string of the molecule is COc1ccc(-c2c(F)cc(NC(=O)N3CCC(C(F)(F)F)CC3)cc2-c2nn[nH]n2)cc1. The van der Waals surface area contributed by atoms with Gasteiger partial charge in [0.15, 0.2) is 0 Å². The summed E-state index contributed by atoms with van der Waals surface area (Å²) in [7, 11) is 1.52. The van der Waals surface area contributed by atoms with E-state index >= 15 is 4.39 Å². The fraction of sp³-hybridized carbons (Fsp3) is 0.333. The number of hydrogen-bond acceptors (Lipinski definition) is 5. The molecule has 0 bridgehead atoms. The van der Waals surface area contributed by atoms with Gasteiger partial charge in [0.25, 0.3) is 0 Å². The first-order chi connectivity index (χ1) is 15.8. The van der Waals surface area contributed by atoms with E-state index in [0.717, 1.165) is 6.07 Å². The van der Waals surface area contributed by atoms with Gasteiger partial charge >= 0.3 is 12.2 Å². The molecule has 1 aliphatic heterocycles. The number of carbonyl (C=O) groups is 1. The van der Waals surface area contributed by atoms with E-state index in [0.29, 0.717) is 11.3 Å². The van der Waals surface area contributed by atoms with Crippen LogP contribution in [0.2, 0.25) is 0 Å². The van der Waals surface area contributed by atoms with E-state index in [-0.39, 0.29) is 48.6 Å². The Labute approximate surface area is 185 Å². The van der Waals surface area contributed by atoms with Gasteiger partial charge in [0.05, 0.1) is 13.0 Å². The van der Waals surface area contributed by atoms with Crippen LogP contribution in [0.4, 0.5) is 28.0 Å². The number of nitrogens with one attached hydrogen (secondary N) is 2. The number of aromatic nitrogens is 4. The molecule has 0 spiro atoms. The van der Waals surface area contributed by atoms with Crippen LogP contribution in [-0.2, 0) is 0 Å². The molecule has 0 radical (unpaired) electrons. The molecule has 2 N–H and O–H groups in total. The van der Waals surface area contributed by atoms with Crippen LogP contribution in [0.1, 0.15) is 12.8 Å². The molecule has 0 atom stereocenters. The van der Waals surface area contributed by atoms with Gasteiger partial charge in [-0.2, -0.15) is 18.4 Å². The van der Waals surface area contributed by atoms with E-state index in [1.165, 1.54) is 18.1 Å². The Morgan fingerprint density at radius 2 is 1.88 bits per heavy atom. The predicted octanol–water partition coefficient (Wildman–Crippen LogP) is 4.49. The van der Waals surface area contributed by atoms with Crippen LogP contribution >= 0.6 is 0 Å². The van der Waals surface area contributed by atoms with E-state index in [1.807, 2.05) is 0 Å². The predicted molar refractivity (Wildman–Crippen MR) is 111 cm³/mol. The molecule has 0 unspecified atom stereocenters. The van der Waals surface area contributed by atoms with Crippen molar-refractivity contribution >= 4 is 11.7 Å². The van der Waals surface area contributed by atoms with Crippen molar-refractivity contribution in [3.63, 3.8) is 0 Å². The molecular weight excluding hydrogens is 444 g/mol. The summed E-state index contributed by atoms with van der Waals surface area (Å²) < 4.78 is 59.0. The number of nitrogens with zero attached hydrogens (tertiary/aromatic N) is 4. The van der Waals surface area contributed by atoms with Crippen LogP contribution in [0, 0.1) is 11.7 Å². The minimum absolute atomic E-state index is 0.0415. The highest BCUT2D eigenvalue weighted by atomic mass is 19.4. The van der Waals surface area contributed by atoms with Crippen molar-refractivity contribution in [2.24, 2.45) is 5.92 Å². The number of carbonyl (C=O) groups excluding carboxylic acids is 1. The quantitative estimate of drug-likeness (QED) is 0.555. The van der Waals surface area contributed by atoms with Gasteiger partial charge in [0.1, 0.15) is 11.6 Å². The summed E-state index contributed by atoms with van der Waals surface area (Å²) in [5, 5.41) is 16.2. The summed E-state index contributed by atoms with van der Waals surface area (Å²) in [6.45, 7) is -0.0831. The van der Waals surface area contributed by atoms with Crippen molar-refractivity contribution in [2.75, 3.05) is 25.5 Å². The maximum absolute atomic E-state index is 15.2. The summed E-state index contributed by atoms with van der Waals surface area (Å²) in [6, 6.07) is 8.72. The number of piperidine rings is 1. The molecule has 33 heavy (non-hydrogen) atoms. The lowest BCUT2D eigenvalue weighted by Gasteiger charge is -2.32. The third kappa shape index (κ3) is 4.89. The molecule has 0 aliphatic carbocycles. The monoisotopic (exact) mass is 464 g/mol. The molecule has 2 aromatic carbocycles. The third-order valence-electron chi connectivity index (χ3n) is 5.55. The number of halogens is 4. The maximum atomic E-state index is 15.2. The number of ether oxygens (including phenoxy) is 1. The van der Waals surface area contributed by atoms with Gasteiger partial charge in [-0.15, -0.1) is 10.2 Å². The Bertz CT molecular complexity index is 1110. The molecule has 3 aromatic rings. The second kappa shape index (κ2) is 9.04. The molecule has 174 valence electrons. The molecule has 1 aliphatic rings. The minimum atomic E-state index is -4.28. The van der Waals surface area contributed by atoms with Crippen LogP contribution in [0.25, 0.3) is 22.5 Å². The number of H-pyrrole nitrogens is 1. The lowest BCUT2D eigenvalue weighted by molar-refractivity contribution is -0.183. The van der Waals surface area contributed by atoms with Crippen LogP contribution in [0.15, 0.2) is 36.4 Å². The highest BCUT2D eigenvalue weighted by Gasteiger charge is 2.41. The molecule has 8 nitrogen and oxygen atoms in total. The number of rotatable bonds is 4. The van der Waals surface area contributed by atoms with Gasteiger partial charge in [-0.3, -0.25) is 0 Å². The summed E-state index contributed by atoms with van der Waals surface area (Å²) in [6.07, 6.45) is -4.62. The lowest BCUT2D eigenvalue weighted by atomic mass is 9.96. The molecule has 1 aromatic heterocycles. The number of alkyl halides is 3. The summed E-state index contributed by atoms with van der Waals surface area (Å²) in [5.74, 6) is -1.36. The molecule has 1 saturated heterocycles. The molecule has 2 amide bonds. The number of likely N-dealkylation sites (tertiary alicyclic amines) is 1. The van der Waals surface area contributed by atoms with Gasteiger partial charge in [-0.25, -0.2) is 9.18 Å². The molecule has 12 heteroatoms. The Hall–Kier alpha value is -3.70. The Kier molecular flexibility index (Phi) is 6.16. The fourth-order valence-electron chi connectivity index (χ4n) is 3.79. The zero-order chi connectivity index (χ0) is 23.6. The molecule has 1 fully saturated rings. The number of methoxy groups -OCH3 is 1. The van der Waals surface area contributed by atoms with Gasteiger partial charge < -0.3 is 15.0 Å². The van der Waals surface area contributed by atoms with Crippen molar-refractivity contribution < 1.29 is 27.1 Å². The largest absolute Gasteiger partial charge is 0.497 e. The normalized spacial score (nSPS) is 14.9. The smallest absolute Gasteiger partial charge is 0.391 e. The zero-order valence-electron chi connectivity index (χ0n) is 17.5.